The molecule has 0 bridgehead atoms. The van der Waals surface area contributed by atoms with Gasteiger partial charge in [-0.2, -0.15) is 47.0 Å². The zero-order valence-electron chi connectivity index (χ0n) is 16.1. The summed E-state index contributed by atoms with van der Waals surface area (Å²) in [6, 6.07) is 18.6. The molecule has 0 amide bonds. The molecule has 0 N–H and O–H groups in total. The third-order valence-corrected chi connectivity index (χ3v) is 10.0. The molecule has 2 aromatic carbocycles. The predicted molar refractivity (Wildman–Crippen MR) is 130 cm³/mol. The van der Waals surface area contributed by atoms with Gasteiger partial charge in [0.05, 0.1) is 0 Å². The maximum absolute atomic E-state index is 2.34. The fourth-order valence-corrected chi connectivity index (χ4v) is 7.15. The topological polar surface area (TPSA) is 0 Å². The Kier molecular flexibility index (Phi) is 6.79. The van der Waals surface area contributed by atoms with E-state index in [2.05, 4.69) is 109 Å². The molecular formula is C23H28S4. The van der Waals surface area contributed by atoms with Gasteiger partial charge in [0.2, 0.25) is 0 Å². The predicted octanol–water partition coefficient (Wildman–Crippen LogP) is 6.71. The molecule has 27 heavy (non-hydrogen) atoms. The molecule has 4 rings (SSSR count). The minimum Gasteiger partial charge on any atom is -0.156 e. The summed E-state index contributed by atoms with van der Waals surface area (Å²) in [7, 11) is 0. The molecule has 2 aromatic rings. The second kappa shape index (κ2) is 9.11. The summed E-state index contributed by atoms with van der Waals surface area (Å²) in [5.41, 5.74) is 5.76. The van der Waals surface area contributed by atoms with E-state index in [1.165, 1.54) is 45.3 Å². The average molecular weight is 433 g/mol. The normalized spacial score (nSPS) is 21.3. The number of thioether (sulfide) groups is 4. The van der Waals surface area contributed by atoms with Crippen LogP contribution in [-0.4, -0.2) is 33.5 Å². The van der Waals surface area contributed by atoms with Gasteiger partial charge in [0, 0.05) is 50.4 Å². The van der Waals surface area contributed by atoms with Crippen molar-refractivity contribution in [3.05, 3.63) is 70.8 Å². The van der Waals surface area contributed by atoms with Crippen molar-refractivity contribution in [2.24, 2.45) is 0 Å². The van der Waals surface area contributed by atoms with E-state index in [0.717, 1.165) is 22.0 Å². The van der Waals surface area contributed by atoms with Gasteiger partial charge in [0.1, 0.15) is 0 Å². The highest BCUT2D eigenvalue weighted by Crippen LogP contribution is 2.36. The molecule has 2 aliphatic rings. The van der Waals surface area contributed by atoms with Crippen LogP contribution in [0.3, 0.4) is 0 Å². The summed E-state index contributed by atoms with van der Waals surface area (Å²) in [5, 5.41) is 1.87. The fraction of sp³-hybridized carbons (Fsp3) is 0.478. The highest BCUT2D eigenvalue weighted by Gasteiger charge is 2.24. The molecule has 0 aromatic heterocycles. The van der Waals surface area contributed by atoms with Crippen LogP contribution in [-0.2, 0) is 16.9 Å². The maximum atomic E-state index is 2.34. The van der Waals surface area contributed by atoms with Crippen molar-refractivity contribution in [1.29, 1.82) is 0 Å². The number of benzene rings is 2. The van der Waals surface area contributed by atoms with Crippen LogP contribution >= 0.6 is 47.0 Å². The Bertz CT molecular complexity index is 664. The average Bonchev–Trinajstić information content (AvgIpc) is 3.58. The molecule has 2 fully saturated rings. The minimum absolute atomic E-state index is 0.0483. The molecule has 2 aliphatic heterocycles. The molecule has 0 nitrogen and oxygen atoms in total. The summed E-state index contributed by atoms with van der Waals surface area (Å²) in [4.78, 5) is 0. The van der Waals surface area contributed by atoms with E-state index in [1.807, 2.05) is 0 Å². The molecule has 0 radical (unpaired) electrons. The largest absolute Gasteiger partial charge is 0.156 e. The van der Waals surface area contributed by atoms with Gasteiger partial charge in [-0.3, -0.25) is 0 Å². The monoisotopic (exact) mass is 432 g/mol. The molecule has 0 aliphatic carbocycles. The quantitative estimate of drug-likeness (QED) is 0.382. The Morgan fingerprint density at radius 2 is 1.11 bits per heavy atom. The Morgan fingerprint density at radius 1 is 0.741 bits per heavy atom. The zero-order valence-corrected chi connectivity index (χ0v) is 19.4. The lowest BCUT2D eigenvalue weighted by molar-refractivity contribution is 0.640. The van der Waals surface area contributed by atoms with Crippen molar-refractivity contribution in [2.75, 3.05) is 23.0 Å². The van der Waals surface area contributed by atoms with Crippen molar-refractivity contribution in [3.63, 3.8) is 0 Å². The molecule has 2 unspecified atom stereocenters. The van der Waals surface area contributed by atoms with E-state index >= 15 is 0 Å². The van der Waals surface area contributed by atoms with Crippen LogP contribution in [0.25, 0.3) is 0 Å². The van der Waals surface area contributed by atoms with Crippen LogP contribution in [0.1, 0.15) is 36.1 Å². The smallest absolute Gasteiger partial charge is 0.0229 e. The van der Waals surface area contributed by atoms with Gasteiger partial charge >= 0.3 is 0 Å². The number of rotatable bonds is 10. The van der Waals surface area contributed by atoms with Crippen LogP contribution in [0.5, 0.6) is 0 Å². The first kappa shape index (κ1) is 20.1. The highest BCUT2D eigenvalue weighted by atomic mass is 32.2. The summed E-state index contributed by atoms with van der Waals surface area (Å²) < 4.78 is 0. The molecule has 2 saturated heterocycles. The van der Waals surface area contributed by atoms with Crippen molar-refractivity contribution in [3.8, 4) is 0 Å². The molecule has 0 saturated carbocycles. The third kappa shape index (κ3) is 5.91. The molecule has 2 heterocycles. The lowest BCUT2D eigenvalue weighted by Gasteiger charge is -2.26. The second-order valence-corrected chi connectivity index (χ2v) is 12.7. The first-order valence-corrected chi connectivity index (χ1v) is 14.1. The van der Waals surface area contributed by atoms with E-state index in [1.54, 1.807) is 0 Å². The Hall–Kier alpha value is -0.160. The van der Waals surface area contributed by atoms with Crippen molar-refractivity contribution in [2.45, 2.75) is 41.3 Å². The van der Waals surface area contributed by atoms with Crippen LogP contribution in [0.2, 0.25) is 0 Å². The lowest BCUT2D eigenvalue weighted by atomic mass is 9.78. The highest BCUT2D eigenvalue weighted by molar-refractivity contribution is 8.09. The Balaban J connectivity index is 1.34. The van der Waals surface area contributed by atoms with Gasteiger partial charge in [-0.05, 0) is 22.3 Å². The van der Waals surface area contributed by atoms with Gasteiger partial charge in [0.15, 0.2) is 0 Å². The van der Waals surface area contributed by atoms with Crippen molar-refractivity contribution < 1.29 is 0 Å². The van der Waals surface area contributed by atoms with Crippen LogP contribution < -0.4 is 0 Å². The van der Waals surface area contributed by atoms with Gasteiger partial charge in [-0.15, -0.1) is 0 Å². The van der Waals surface area contributed by atoms with Gasteiger partial charge in [-0.25, -0.2) is 0 Å². The van der Waals surface area contributed by atoms with Crippen LogP contribution in [0.15, 0.2) is 48.5 Å². The first-order valence-electron chi connectivity index (χ1n) is 9.69. The Labute approximate surface area is 181 Å². The Morgan fingerprint density at radius 3 is 1.44 bits per heavy atom. The van der Waals surface area contributed by atoms with Crippen LogP contribution in [0.4, 0.5) is 0 Å². The third-order valence-electron chi connectivity index (χ3n) is 5.30. The minimum atomic E-state index is 0.0483. The summed E-state index contributed by atoms with van der Waals surface area (Å²) in [5.74, 6) is 7.64. The molecule has 2 atom stereocenters. The maximum Gasteiger partial charge on any atom is 0.0229 e. The van der Waals surface area contributed by atoms with Crippen LogP contribution in [0, 0.1) is 0 Å². The van der Waals surface area contributed by atoms with E-state index in [9.17, 15) is 0 Å². The fourth-order valence-electron chi connectivity index (χ4n) is 3.15. The SMILES string of the molecule is CC(C)(c1ccc(CSCC2CS2)cc1)c1ccc(CSCC2CS2)cc1. The van der Waals surface area contributed by atoms with E-state index < -0.39 is 0 Å². The summed E-state index contributed by atoms with van der Waals surface area (Å²) in [6.07, 6.45) is 0. The van der Waals surface area contributed by atoms with Gasteiger partial charge in [-0.1, -0.05) is 62.4 Å². The van der Waals surface area contributed by atoms with E-state index in [0.29, 0.717) is 0 Å². The second-order valence-electron chi connectivity index (χ2n) is 7.96. The van der Waals surface area contributed by atoms with Gasteiger partial charge < -0.3 is 0 Å². The molecular weight excluding hydrogens is 405 g/mol. The summed E-state index contributed by atoms with van der Waals surface area (Å²) >= 11 is 8.34. The number of hydrogen-bond acceptors (Lipinski definition) is 4. The molecule has 144 valence electrons. The first-order chi connectivity index (χ1) is 13.1. The lowest BCUT2D eigenvalue weighted by Crippen LogP contribution is -2.18. The zero-order chi connectivity index (χ0) is 18.7. The standard InChI is InChI=1S/C23H28S4/c1-23(2,19-7-3-17(4-8-19)11-24-13-21-15-26-21)20-9-5-18(6-10-20)12-25-14-22-16-27-22/h3-10,21-22H,11-16H2,1-2H3. The number of hydrogen-bond donors (Lipinski definition) is 0. The summed E-state index contributed by atoms with van der Waals surface area (Å²) in [6.45, 7) is 4.68. The van der Waals surface area contributed by atoms with Crippen molar-refractivity contribution >= 4 is 47.0 Å². The van der Waals surface area contributed by atoms with E-state index in [-0.39, 0.29) is 5.41 Å². The van der Waals surface area contributed by atoms with E-state index in [4.69, 9.17) is 0 Å². The van der Waals surface area contributed by atoms with Crippen molar-refractivity contribution in [1.82, 2.24) is 0 Å². The molecule has 0 spiro atoms. The molecule has 4 heteroatoms. The van der Waals surface area contributed by atoms with Gasteiger partial charge in [0.25, 0.3) is 0 Å².